The summed E-state index contributed by atoms with van der Waals surface area (Å²) in [4.78, 5) is 0. The number of allylic oxidation sites excluding steroid dienone is 4. The summed E-state index contributed by atoms with van der Waals surface area (Å²) in [5.41, 5.74) is 4.70. The van der Waals surface area contributed by atoms with Crippen LogP contribution in [0.2, 0.25) is 0 Å². The van der Waals surface area contributed by atoms with E-state index in [1.165, 1.54) is 16.2 Å². The van der Waals surface area contributed by atoms with E-state index in [0.29, 0.717) is 12.8 Å². The Morgan fingerprint density at radius 3 is 2.66 bits per heavy atom. The van der Waals surface area contributed by atoms with Gasteiger partial charge in [0.05, 0.1) is 11.3 Å². The van der Waals surface area contributed by atoms with Crippen LogP contribution in [-0.2, 0) is 4.74 Å². The van der Waals surface area contributed by atoms with E-state index >= 15 is 0 Å². The van der Waals surface area contributed by atoms with E-state index in [0.717, 1.165) is 41.8 Å². The van der Waals surface area contributed by atoms with Gasteiger partial charge < -0.3 is 9.84 Å². The van der Waals surface area contributed by atoms with Crippen LogP contribution in [0.3, 0.4) is 0 Å². The number of aliphatic hydroxyl groups is 1. The van der Waals surface area contributed by atoms with Gasteiger partial charge in [0, 0.05) is 17.6 Å². The van der Waals surface area contributed by atoms with Crippen molar-refractivity contribution in [2.24, 2.45) is 0 Å². The van der Waals surface area contributed by atoms with Crippen molar-refractivity contribution in [3.05, 3.63) is 58.9 Å². The molecule has 3 atom stereocenters. The van der Waals surface area contributed by atoms with Gasteiger partial charge in [-0.2, -0.15) is 0 Å². The number of hydroxylamine groups is 1. The maximum Gasteiger partial charge on any atom is 0.131 e. The van der Waals surface area contributed by atoms with Gasteiger partial charge in [0.2, 0.25) is 0 Å². The molecule has 3 rings (SSSR count). The zero-order valence-corrected chi connectivity index (χ0v) is 18.4. The fraction of sp³-hybridized carbons (Fsp3) is 0.520. The maximum absolute atomic E-state index is 11.2. The van der Waals surface area contributed by atoms with Gasteiger partial charge in [-0.1, -0.05) is 41.5 Å². The van der Waals surface area contributed by atoms with E-state index in [1.54, 1.807) is 0 Å². The SMILES string of the molecule is CC(C)=CCCC(C)=CCCC(C)(O)C1CC2=C(O1)C(C)N(O)c1ccccc12. The van der Waals surface area contributed by atoms with E-state index in [9.17, 15) is 10.3 Å². The first kappa shape index (κ1) is 21.7. The molecule has 2 heterocycles. The maximum atomic E-state index is 11.2. The second-order valence-corrected chi connectivity index (χ2v) is 8.96. The summed E-state index contributed by atoms with van der Waals surface area (Å²) in [5, 5.41) is 22.9. The molecule has 0 bridgehead atoms. The molecule has 2 aliphatic rings. The number of nitrogens with zero attached hydrogens (tertiary/aromatic N) is 1. The van der Waals surface area contributed by atoms with Crippen LogP contribution in [0, 0.1) is 0 Å². The fourth-order valence-electron chi connectivity index (χ4n) is 4.20. The van der Waals surface area contributed by atoms with E-state index < -0.39 is 5.60 Å². The Balaban J connectivity index is 1.63. The summed E-state index contributed by atoms with van der Waals surface area (Å²) >= 11 is 0. The Bertz CT molecular complexity index is 830. The van der Waals surface area contributed by atoms with Crippen molar-refractivity contribution in [1.82, 2.24) is 0 Å². The van der Waals surface area contributed by atoms with Crippen LogP contribution in [-0.4, -0.2) is 28.1 Å². The molecule has 0 fully saturated rings. The number of ether oxygens (including phenoxy) is 1. The number of benzene rings is 1. The van der Waals surface area contributed by atoms with Gasteiger partial charge in [-0.3, -0.25) is 5.21 Å². The average molecular weight is 398 g/mol. The summed E-state index contributed by atoms with van der Waals surface area (Å²) in [6.45, 7) is 10.2. The van der Waals surface area contributed by atoms with Crippen LogP contribution in [0.25, 0.3) is 5.57 Å². The molecule has 0 aromatic heterocycles. The van der Waals surface area contributed by atoms with Gasteiger partial charge in [0.1, 0.15) is 17.9 Å². The lowest BCUT2D eigenvalue weighted by Crippen LogP contribution is -2.40. The van der Waals surface area contributed by atoms with E-state index in [1.807, 2.05) is 38.1 Å². The lowest BCUT2D eigenvalue weighted by Gasteiger charge is -2.33. The van der Waals surface area contributed by atoms with E-state index in [4.69, 9.17) is 4.74 Å². The molecule has 2 N–H and O–H groups in total. The van der Waals surface area contributed by atoms with Crippen LogP contribution in [0.4, 0.5) is 5.69 Å². The first-order valence-corrected chi connectivity index (χ1v) is 10.7. The highest BCUT2D eigenvalue weighted by Crippen LogP contribution is 2.46. The van der Waals surface area contributed by atoms with Gasteiger partial charge in [-0.15, -0.1) is 0 Å². The second kappa shape index (κ2) is 8.76. The molecule has 0 radical (unpaired) electrons. The van der Waals surface area contributed by atoms with Crippen molar-refractivity contribution >= 4 is 11.3 Å². The molecule has 2 aliphatic heterocycles. The Hall–Kier alpha value is -2.04. The molecule has 158 valence electrons. The Labute approximate surface area is 175 Å². The minimum atomic E-state index is -0.928. The van der Waals surface area contributed by atoms with Gasteiger partial charge in [-0.05, 0) is 66.4 Å². The number of para-hydroxylation sites is 1. The minimum Gasteiger partial charge on any atom is -0.489 e. The Morgan fingerprint density at radius 1 is 1.21 bits per heavy atom. The normalized spacial score (nSPS) is 23.3. The molecular formula is C25H35NO3. The molecule has 3 unspecified atom stereocenters. The van der Waals surface area contributed by atoms with Crippen LogP contribution in [0.5, 0.6) is 0 Å². The van der Waals surface area contributed by atoms with E-state index in [-0.39, 0.29) is 12.1 Å². The van der Waals surface area contributed by atoms with Gasteiger partial charge in [0.25, 0.3) is 0 Å². The monoisotopic (exact) mass is 397 g/mol. The number of rotatable bonds is 7. The van der Waals surface area contributed by atoms with Crippen molar-refractivity contribution in [3.63, 3.8) is 0 Å². The molecule has 0 amide bonds. The molecule has 1 aromatic carbocycles. The summed E-state index contributed by atoms with van der Waals surface area (Å²) < 4.78 is 6.22. The zero-order chi connectivity index (χ0) is 21.2. The highest BCUT2D eigenvalue weighted by atomic mass is 16.5. The largest absolute Gasteiger partial charge is 0.489 e. The predicted molar refractivity (Wildman–Crippen MR) is 119 cm³/mol. The van der Waals surface area contributed by atoms with Gasteiger partial charge in [-0.25, -0.2) is 5.06 Å². The van der Waals surface area contributed by atoms with Crippen LogP contribution >= 0.6 is 0 Å². The van der Waals surface area contributed by atoms with Gasteiger partial charge in [0.15, 0.2) is 0 Å². The number of hydrogen-bond donors (Lipinski definition) is 2. The molecule has 0 aliphatic carbocycles. The molecule has 1 aromatic rings. The third-order valence-electron chi connectivity index (χ3n) is 6.11. The quantitative estimate of drug-likeness (QED) is 0.553. The van der Waals surface area contributed by atoms with Crippen molar-refractivity contribution in [3.8, 4) is 0 Å². The third-order valence-corrected chi connectivity index (χ3v) is 6.11. The average Bonchev–Trinajstić information content (AvgIpc) is 3.12. The molecule has 0 spiro atoms. The predicted octanol–water partition coefficient (Wildman–Crippen LogP) is 6.01. The van der Waals surface area contributed by atoms with Crippen LogP contribution in [0.15, 0.2) is 53.3 Å². The fourth-order valence-corrected chi connectivity index (χ4v) is 4.20. The highest BCUT2D eigenvalue weighted by molar-refractivity contribution is 5.83. The lowest BCUT2D eigenvalue weighted by molar-refractivity contribution is -0.0716. The van der Waals surface area contributed by atoms with Crippen molar-refractivity contribution < 1.29 is 15.1 Å². The topological polar surface area (TPSA) is 52.9 Å². The number of anilines is 1. The first-order valence-electron chi connectivity index (χ1n) is 10.7. The zero-order valence-electron chi connectivity index (χ0n) is 18.4. The van der Waals surface area contributed by atoms with Crippen molar-refractivity contribution in [2.45, 2.75) is 84.5 Å². The molecule has 29 heavy (non-hydrogen) atoms. The lowest BCUT2D eigenvalue weighted by atomic mass is 9.87. The minimum absolute atomic E-state index is 0.252. The third kappa shape index (κ3) is 4.76. The number of hydrogen-bond acceptors (Lipinski definition) is 4. The Morgan fingerprint density at radius 2 is 1.93 bits per heavy atom. The first-order chi connectivity index (χ1) is 13.7. The summed E-state index contributed by atoms with van der Waals surface area (Å²) in [6.07, 6.45) is 8.48. The summed E-state index contributed by atoms with van der Waals surface area (Å²) in [6, 6.07) is 7.58. The Kier molecular flexibility index (Phi) is 6.55. The molecule has 4 heteroatoms. The van der Waals surface area contributed by atoms with Crippen LogP contribution in [0.1, 0.15) is 72.3 Å². The van der Waals surface area contributed by atoms with Crippen molar-refractivity contribution in [1.29, 1.82) is 0 Å². The smallest absolute Gasteiger partial charge is 0.131 e. The molecule has 0 saturated carbocycles. The summed E-state index contributed by atoms with van der Waals surface area (Å²) in [5.74, 6) is 0.782. The van der Waals surface area contributed by atoms with Crippen LogP contribution < -0.4 is 5.06 Å². The standard InChI is InChI=1S/C25H35NO3/c1-17(2)10-8-11-18(3)12-9-15-25(5,27)23-16-21-20-13-6-7-14-22(20)26(28)19(4)24(21)29-23/h6-7,10,12-14,19,23,27-28H,8-9,11,15-16H2,1-5H3. The van der Waals surface area contributed by atoms with E-state index in [2.05, 4.69) is 32.9 Å². The van der Waals surface area contributed by atoms with Gasteiger partial charge >= 0.3 is 0 Å². The molecular weight excluding hydrogens is 362 g/mol. The highest BCUT2D eigenvalue weighted by Gasteiger charge is 2.44. The van der Waals surface area contributed by atoms with Crippen molar-refractivity contribution in [2.75, 3.05) is 5.06 Å². The molecule has 4 nitrogen and oxygen atoms in total. The summed E-state index contributed by atoms with van der Waals surface area (Å²) in [7, 11) is 0. The number of fused-ring (bicyclic) bond motifs is 2. The second-order valence-electron chi connectivity index (χ2n) is 8.96. The molecule has 0 saturated heterocycles.